The molecule has 0 radical (unpaired) electrons. The van der Waals surface area contributed by atoms with Crippen LogP contribution >= 0.6 is 0 Å². The molecule has 7 nitrogen and oxygen atoms in total. The lowest BCUT2D eigenvalue weighted by atomic mass is 10.1. The topological polar surface area (TPSA) is 69.6 Å². The standard InChI is InChI=1S/C21H29N5O2S/c1-16-14-17(2)21(18(3)15-16)29(27,28)26-12-10-25(11-13-26)20-7-6-19(22-23-20)24-8-4-5-9-24/h6-7,14-15H,4-5,8-13H2,1-3H3. The number of rotatable bonds is 4. The molecule has 1 aromatic heterocycles. The quantitative estimate of drug-likeness (QED) is 0.764. The summed E-state index contributed by atoms with van der Waals surface area (Å²) in [5, 5.41) is 8.78. The molecule has 0 spiro atoms. The zero-order chi connectivity index (χ0) is 20.6. The van der Waals surface area contributed by atoms with E-state index < -0.39 is 10.0 Å². The van der Waals surface area contributed by atoms with Crippen molar-refractivity contribution in [2.75, 3.05) is 49.1 Å². The molecule has 2 fully saturated rings. The summed E-state index contributed by atoms with van der Waals surface area (Å²) in [7, 11) is -3.50. The normalized spacial score (nSPS) is 18.4. The van der Waals surface area contributed by atoms with E-state index in [1.165, 1.54) is 12.8 Å². The zero-order valence-electron chi connectivity index (χ0n) is 17.4. The van der Waals surface area contributed by atoms with Crippen LogP contribution in [-0.4, -0.2) is 62.2 Å². The highest BCUT2D eigenvalue weighted by atomic mass is 32.2. The Hall–Kier alpha value is -2.19. The van der Waals surface area contributed by atoms with Gasteiger partial charge in [0.05, 0.1) is 4.90 Å². The highest BCUT2D eigenvalue weighted by Gasteiger charge is 2.31. The van der Waals surface area contributed by atoms with Gasteiger partial charge in [-0.05, 0) is 56.9 Å². The van der Waals surface area contributed by atoms with Gasteiger partial charge in [-0.25, -0.2) is 8.42 Å². The highest BCUT2D eigenvalue weighted by Crippen LogP contribution is 2.27. The van der Waals surface area contributed by atoms with Gasteiger partial charge in [-0.1, -0.05) is 17.7 Å². The summed E-state index contributed by atoms with van der Waals surface area (Å²) >= 11 is 0. The van der Waals surface area contributed by atoms with Crippen LogP contribution in [0.15, 0.2) is 29.2 Å². The second-order valence-corrected chi connectivity index (χ2v) is 9.94. The van der Waals surface area contributed by atoms with Crippen LogP contribution in [0, 0.1) is 20.8 Å². The van der Waals surface area contributed by atoms with Gasteiger partial charge >= 0.3 is 0 Å². The van der Waals surface area contributed by atoms with E-state index in [-0.39, 0.29) is 0 Å². The third kappa shape index (κ3) is 3.96. The van der Waals surface area contributed by atoms with Crippen molar-refractivity contribution in [3.63, 3.8) is 0 Å². The average Bonchev–Trinajstić information content (AvgIpc) is 3.22. The number of benzene rings is 1. The van der Waals surface area contributed by atoms with Gasteiger partial charge in [0.25, 0.3) is 0 Å². The van der Waals surface area contributed by atoms with Crippen LogP contribution in [0.5, 0.6) is 0 Å². The van der Waals surface area contributed by atoms with E-state index in [1.807, 2.05) is 45.0 Å². The van der Waals surface area contributed by atoms with E-state index in [9.17, 15) is 8.42 Å². The first-order chi connectivity index (χ1) is 13.9. The number of hydrogen-bond acceptors (Lipinski definition) is 6. The molecule has 0 unspecified atom stereocenters. The first-order valence-corrected chi connectivity index (χ1v) is 11.7. The van der Waals surface area contributed by atoms with E-state index in [0.29, 0.717) is 31.1 Å². The van der Waals surface area contributed by atoms with Gasteiger partial charge in [0.1, 0.15) is 0 Å². The van der Waals surface area contributed by atoms with Gasteiger partial charge in [-0.3, -0.25) is 0 Å². The molecular weight excluding hydrogens is 386 g/mol. The first-order valence-electron chi connectivity index (χ1n) is 10.3. The zero-order valence-corrected chi connectivity index (χ0v) is 18.2. The number of aryl methyl sites for hydroxylation is 3. The first kappa shape index (κ1) is 20.1. The van der Waals surface area contributed by atoms with Crippen molar-refractivity contribution in [1.29, 1.82) is 0 Å². The molecule has 4 rings (SSSR count). The minimum atomic E-state index is -3.50. The number of hydrogen-bond donors (Lipinski definition) is 0. The summed E-state index contributed by atoms with van der Waals surface area (Å²) in [4.78, 5) is 4.82. The SMILES string of the molecule is Cc1cc(C)c(S(=O)(=O)N2CCN(c3ccc(N4CCCC4)nn3)CC2)c(C)c1. The van der Waals surface area contributed by atoms with Crippen molar-refractivity contribution >= 4 is 21.7 Å². The molecule has 2 aliphatic heterocycles. The predicted octanol–water partition coefficient (Wildman–Crippen LogP) is 2.51. The van der Waals surface area contributed by atoms with Crippen LogP contribution in [0.1, 0.15) is 29.5 Å². The molecule has 156 valence electrons. The van der Waals surface area contributed by atoms with Crippen LogP contribution in [0.2, 0.25) is 0 Å². The Bertz CT molecular complexity index is 954. The minimum Gasteiger partial charge on any atom is -0.355 e. The third-order valence-electron chi connectivity index (χ3n) is 5.83. The molecule has 2 aliphatic rings. The van der Waals surface area contributed by atoms with E-state index in [4.69, 9.17) is 0 Å². The van der Waals surface area contributed by atoms with Gasteiger partial charge in [0.15, 0.2) is 11.6 Å². The van der Waals surface area contributed by atoms with Crippen molar-refractivity contribution in [2.24, 2.45) is 0 Å². The molecule has 0 saturated carbocycles. The van der Waals surface area contributed by atoms with Gasteiger partial charge in [0.2, 0.25) is 10.0 Å². The van der Waals surface area contributed by atoms with Crippen LogP contribution < -0.4 is 9.80 Å². The van der Waals surface area contributed by atoms with E-state index in [0.717, 1.165) is 41.4 Å². The lowest BCUT2D eigenvalue weighted by molar-refractivity contribution is 0.383. The van der Waals surface area contributed by atoms with Crippen LogP contribution in [0.25, 0.3) is 0 Å². The Morgan fingerprint density at radius 3 is 1.72 bits per heavy atom. The Morgan fingerprint density at radius 2 is 1.24 bits per heavy atom. The maximum atomic E-state index is 13.2. The number of anilines is 2. The van der Waals surface area contributed by atoms with Crippen molar-refractivity contribution in [3.8, 4) is 0 Å². The van der Waals surface area contributed by atoms with Gasteiger partial charge in [-0.2, -0.15) is 4.31 Å². The van der Waals surface area contributed by atoms with E-state index in [2.05, 4.69) is 20.0 Å². The fourth-order valence-corrected chi connectivity index (χ4v) is 6.30. The molecule has 3 heterocycles. The number of aromatic nitrogens is 2. The molecular formula is C21H29N5O2S. The number of nitrogens with zero attached hydrogens (tertiary/aromatic N) is 5. The second-order valence-electron chi connectivity index (χ2n) is 8.06. The average molecular weight is 416 g/mol. The van der Waals surface area contributed by atoms with Crippen molar-refractivity contribution in [1.82, 2.24) is 14.5 Å². The van der Waals surface area contributed by atoms with Crippen molar-refractivity contribution in [2.45, 2.75) is 38.5 Å². The summed E-state index contributed by atoms with van der Waals surface area (Å²) in [5.74, 6) is 1.74. The summed E-state index contributed by atoms with van der Waals surface area (Å²) in [6.45, 7) is 9.95. The lowest BCUT2D eigenvalue weighted by Crippen LogP contribution is -2.49. The smallest absolute Gasteiger partial charge is 0.243 e. The molecule has 1 aromatic carbocycles. The monoisotopic (exact) mass is 415 g/mol. The van der Waals surface area contributed by atoms with Crippen LogP contribution in [-0.2, 0) is 10.0 Å². The highest BCUT2D eigenvalue weighted by molar-refractivity contribution is 7.89. The Morgan fingerprint density at radius 1 is 0.759 bits per heavy atom. The van der Waals surface area contributed by atoms with E-state index >= 15 is 0 Å². The molecule has 0 bridgehead atoms. The van der Waals surface area contributed by atoms with Gasteiger partial charge in [-0.15, -0.1) is 10.2 Å². The fourth-order valence-electron chi connectivity index (χ4n) is 4.46. The molecule has 2 aromatic rings. The second kappa shape index (κ2) is 7.91. The Kier molecular flexibility index (Phi) is 5.48. The molecule has 0 N–H and O–H groups in total. The molecule has 0 amide bonds. The van der Waals surface area contributed by atoms with Crippen LogP contribution in [0.4, 0.5) is 11.6 Å². The van der Waals surface area contributed by atoms with Crippen LogP contribution in [0.3, 0.4) is 0 Å². The fraction of sp³-hybridized carbons (Fsp3) is 0.524. The molecule has 29 heavy (non-hydrogen) atoms. The summed E-state index contributed by atoms with van der Waals surface area (Å²) in [6, 6.07) is 7.90. The maximum Gasteiger partial charge on any atom is 0.243 e. The van der Waals surface area contributed by atoms with Gasteiger partial charge in [0, 0.05) is 39.3 Å². The summed E-state index contributed by atoms with van der Waals surface area (Å²) in [5.41, 5.74) is 2.71. The molecule has 0 aliphatic carbocycles. The maximum absolute atomic E-state index is 13.2. The Labute approximate surface area is 173 Å². The van der Waals surface area contributed by atoms with Gasteiger partial charge < -0.3 is 9.80 Å². The largest absolute Gasteiger partial charge is 0.355 e. The number of piperazine rings is 1. The van der Waals surface area contributed by atoms with E-state index in [1.54, 1.807) is 4.31 Å². The molecule has 2 saturated heterocycles. The third-order valence-corrected chi connectivity index (χ3v) is 8.04. The number of sulfonamides is 1. The minimum absolute atomic E-state index is 0.449. The summed E-state index contributed by atoms with van der Waals surface area (Å²) < 4.78 is 28.1. The molecule has 8 heteroatoms. The van der Waals surface area contributed by atoms with Crippen molar-refractivity contribution < 1.29 is 8.42 Å². The van der Waals surface area contributed by atoms with Crippen molar-refractivity contribution in [3.05, 3.63) is 41.0 Å². The lowest BCUT2D eigenvalue weighted by Gasteiger charge is -2.35. The summed E-state index contributed by atoms with van der Waals surface area (Å²) in [6.07, 6.45) is 2.42. The Balaban J connectivity index is 1.45. The predicted molar refractivity (Wildman–Crippen MR) is 115 cm³/mol. The molecule has 0 atom stereocenters.